The SMILES string of the molecule is Cc1ccc(-c2ccco2)cc1C1=C(O)C(C)(C)OC(C)(C)C1=O. The molecule has 126 valence electrons. The van der Waals surface area contributed by atoms with Crippen molar-refractivity contribution in [1.29, 1.82) is 0 Å². The van der Waals surface area contributed by atoms with Crippen molar-refractivity contribution in [3.8, 4) is 11.3 Å². The van der Waals surface area contributed by atoms with Crippen LogP contribution < -0.4 is 0 Å². The minimum absolute atomic E-state index is 0.0356. The minimum atomic E-state index is -1.00. The van der Waals surface area contributed by atoms with E-state index in [-0.39, 0.29) is 11.5 Å². The van der Waals surface area contributed by atoms with Crippen LogP contribution in [0.4, 0.5) is 0 Å². The fourth-order valence-electron chi connectivity index (χ4n) is 3.18. The number of aliphatic hydroxyl groups excluding tert-OH is 1. The Morgan fingerprint density at radius 2 is 1.75 bits per heavy atom. The third kappa shape index (κ3) is 2.57. The predicted molar refractivity (Wildman–Crippen MR) is 92.7 cm³/mol. The summed E-state index contributed by atoms with van der Waals surface area (Å²) < 4.78 is 11.3. The Balaban J connectivity index is 2.23. The number of hydrogen-bond acceptors (Lipinski definition) is 4. The third-order valence-electron chi connectivity index (χ3n) is 4.40. The molecule has 1 aromatic carbocycles. The Kier molecular flexibility index (Phi) is 3.68. The maximum Gasteiger partial charge on any atom is 0.198 e. The monoisotopic (exact) mass is 326 g/mol. The lowest BCUT2D eigenvalue weighted by Gasteiger charge is -2.40. The molecule has 2 aromatic rings. The molecule has 0 fully saturated rings. The highest BCUT2D eigenvalue weighted by Gasteiger charge is 2.47. The number of Topliss-reactive ketones (excluding diaryl/α,β-unsaturated/α-hetero) is 1. The molecule has 1 aliphatic rings. The van der Waals surface area contributed by atoms with Crippen LogP contribution in [0.5, 0.6) is 0 Å². The molecule has 4 nitrogen and oxygen atoms in total. The van der Waals surface area contributed by atoms with Gasteiger partial charge in [0.05, 0.1) is 11.8 Å². The van der Waals surface area contributed by atoms with E-state index in [2.05, 4.69) is 0 Å². The molecule has 4 heteroatoms. The van der Waals surface area contributed by atoms with Gasteiger partial charge in [-0.2, -0.15) is 0 Å². The third-order valence-corrected chi connectivity index (χ3v) is 4.40. The number of aliphatic hydroxyl groups is 1. The first-order chi connectivity index (χ1) is 11.1. The Morgan fingerprint density at radius 1 is 1.04 bits per heavy atom. The zero-order valence-electron chi connectivity index (χ0n) is 14.6. The highest BCUT2D eigenvalue weighted by atomic mass is 16.5. The highest BCUT2D eigenvalue weighted by Crippen LogP contribution is 2.41. The van der Waals surface area contributed by atoms with E-state index in [1.165, 1.54) is 0 Å². The lowest BCUT2D eigenvalue weighted by molar-refractivity contribution is -0.158. The molecule has 24 heavy (non-hydrogen) atoms. The number of carbonyl (C=O) groups is 1. The van der Waals surface area contributed by atoms with E-state index in [1.54, 1.807) is 34.0 Å². The van der Waals surface area contributed by atoms with Gasteiger partial charge in [-0.1, -0.05) is 12.1 Å². The van der Waals surface area contributed by atoms with Gasteiger partial charge in [0.25, 0.3) is 0 Å². The Morgan fingerprint density at radius 3 is 2.38 bits per heavy atom. The molecule has 1 N–H and O–H groups in total. The van der Waals surface area contributed by atoms with E-state index in [0.717, 1.165) is 16.9 Å². The van der Waals surface area contributed by atoms with E-state index in [9.17, 15) is 9.90 Å². The molecule has 3 rings (SSSR count). The molecule has 1 aromatic heterocycles. The molecule has 0 bridgehead atoms. The summed E-state index contributed by atoms with van der Waals surface area (Å²) in [6.45, 7) is 8.92. The lowest BCUT2D eigenvalue weighted by atomic mass is 9.81. The molecule has 0 radical (unpaired) electrons. The summed E-state index contributed by atoms with van der Waals surface area (Å²) in [5, 5.41) is 10.7. The number of hydrogen-bond donors (Lipinski definition) is 1. The Hall–Kier alpha value is -2.33. The molecule has 0 saturated heterocycles. The maximum atomic E-state index is 12.9. The summed E-state index contributed by atoms with van der Waals surface area (Å²) in [5.41, 5.74) is 0.862. The largest absolute Gasteiger partial charge is 0.508 e. The van der Waals surface area contributed by atoms with Crippen LogP contribution >= 0.6 is 0 Å². The first-order valence-electron chi connectivity index (χ1n) is 7.97. The van der Waals surface area contributed by atoms with Gasteiger partial charge < -0.3 is 14.3 Å². The number of ether oxygens (including phenoxy) is 1. The predicted octanol–water partition coefficient (Wildman–Crippen LogP) is 4.68. The molecule has 0 aliphatic carbocycles. The summed E-state index contributed by atoms with van der Waals surface area (Å²) in [7, 11) is 0. The first-order valence-corrected chi connectivity index (χ1v) is 7.97. The quantitative estimate of drug-likeness (QED) is 0.870. The van der Waals surface area contributed by atoms with Crippen LogP contribution in [0, 0.1) is 6.92 Å². The Labute approximate surface area is 141 Å². The summed E-state index contributed by atoms with van der Waals surface area (Å²) in [6, 6.07) is 9.43. The van der Waals surface area contributed by atoms with Crippen molar-refractivity contribution in [2.24, 2.45) is 0 Å². The van der Waals surface area contributed by atoms with Crippen molar-refractivity contribution in [2.75, 3.05) is 0 Å². The lowest BCUT2D eigenvalue weighted by Crippen LogP contribution is -2.49. The second kappa shape index (κ2) is 5.35. The minimum Gasteiger partial charge on any atom is -0.508 e. The van der Waals surface area contributed by atoms with Crippen molar-refractivity contribution < 1.29 is 19.1 Å². The number of rotatable bonds is 2. The van der Waals surface area contributed by atoms with Gasteiger partial charge in [0.15, 0.2) is 5.78 Å². The van der Waals surface area contributed by atoms with Gasteiger partial charge in [-0.3, -0.25) is 4.79 Å². The van der Waals surface area contributed by atoms with Crippen LogP contribution in [0.1, 0.15) is 38.8 Å². The van der Waals surface area contributed by atoms with Crippen LogP contribution in [0.25, 0.3) is 16.9 Å². The summed E-state index contributed by atoms with van der Waals surface area (Å²) >= 11 is 0. The van der Waals surface area contributed by atoms with E-state index >= 15 is 0 Å². The molecular weight excluding hydrogens is 304 g/mol. The van der Waals surface area contributed by atoms with Crippen molar-refractivity contribution in [1.82, 2.24) is 0 Å². The fourth-order valence-corrected chi connectivity index (χ4v) is 3.18. The van der Waals surface area contributed by atoms with Crippen LogP contribution in [-0.4, -0.2) is 22.1 Å². The van der Waals surface area contributed by atoms with Gasteiger partial charge in [0, 0.05) is 5.56 Å². The fraction of sp³-hybridized carbons (Fsp3) is 0.350. The zero-order valence-corrected chi connectivity index (χ0v) is 14.6. The molecule has 1 aliphatic heterocycles. The van der Waals surface area contributed by atoms with Crippen molar-refractivity contribution in [3.63, 3.8) is 0 Å². The van der Waals surface area contributed by atoms with E-state index in [4.69, 9.17) is 9.15 Å². The molecule has 0 amide bonds. The second-order valence-electron chi connectivity index (χ2n) is 7.18. The molecule has 0 spiro atoms. The van der Waals surface area contributed by atoms with Crippen molar-refractivity contribution >= 4 is 11.4 Å². The summed E-state index contributed by atoms with van der Waals surface area (Å²) in [4.78, 5) is 12.9. The normalized spacial score (nSPS) is 19.6. The number of carbonyl (C=O) groups excluding carboxylic acids is 1. The van der Waals surface area contributed by atoms with Crippen LogP contribution in [0.15, 0.2) is 46.8 Å². The number of furan rings is 1. The van der Waals surface area contributed by atoms with Crippen LogP contribution in [0.2, 0.25) is 0 Å². The first kappa shape index (κ1) is 16.5. The van der Waals surface area contributed by atoms with E-state index in [0.29, 0.717) is 11.1 Å². The number of aryl methyl sites for hydroxylation is 1. The van der Waals surface area contributed by atoms with E-state index in [1.807, 2.05) is 37.3 Å². The van der Waals surface area contributed by atoms with Crippen molar-refractivity contribution in [2.45, 2.75) is 45.8 Å². The van der Waals surface area contributed by atoms with E-state index < -0.39 is 11.2 Å². The maximum absolute atomic E-state index is 12.9. The Bertz CT molecular complexity index is 823. The van der Waals surface area contributed by atoms with Gasteiger partial charge in [-0.05, 0) is 63.9 Å². The van der Waals surface area contributed by atoms with Crippen LogP contribution in [-0.2, 0) is 9.53 Å². The van der Waals surface area contributed by atoms with Crippen molar-refractivity contribution in [3.05, 3.63) is 53.5 Å². The van der Waals surface area contributed by atoms with Gasteiger partial charge in [-0.15, -0.1) is 0 Å². The van der Waals surface area contributed by atoms with Gasteiger partial charge in [-0.25, -0.2) is 0 Å². The standard InChI is InChI=1S/C20H22O4/c1-12-8-9-13(15-7-6-10-23-15)11-14(12)16-17(21)19(2,3)24-20(4,5)18(16)22/h6-11,21H,1-5H3. The van der Waals surface area contributed by atoms with Gasteiger partial charge in [0.2, 0.25) is 0 Å². The average Bonchev–Trinajstić information content (AvgIpc) is 3.01. The summed E-state index contributed by atoms with van der Waals surface area (Å²) in [6.07, 6.45) is 1.61. The second-order valence-corrected chi connectivity index (χ2v) is 7.18. The molecule has 0 unspecified atom stereocenters. The smallest absolute Gasteiger partial charge is 0.198 e. The topological polar surface area (TPSA) is 59.7 Å². The number of ketones is 1. The molecule has 0 saturated carbocycles. The van der Waals surface area contributed by atoms with Gasteiger partial charge >= 0.3 is 0 Å². The summed E-state index contributed by atoms with van der Waals surface area (Å²) in [5.74, 6) is 0.458. The molecule has 2 heterocycles. The zero-order chi connectivity index (χ0) is 17.7. The highest BCUT2D eigenvalue weighted by molar-refractivity contribution is 6.26. The van der Waals surface area contributed by atoms with Crippen LogP contribution in [0.3, 0.4) is 0 Å². The molecule has 0 atom stereocenters. The number of benzene rings is 1. The molecular formula is C20H22O4. The average molecular weight is 326 g/mol. The van der Waals surface area contributed by atoms with Gasteiger partial charge in [0.1, 0.15) is 22.7 Å².